The molecular formula is C15H16INO5S. The van der Waals surface area contributed by atoms with Crippen LogP contribution in [0.15, 0.2) is 56.4 Å². The first-order valence-electron chi connectivity index (χ1n) is 6.64. The molecule has 0 aliphatic carbocycles. The lowest BCUT2D eigenvalue weighted by Gasteiger charge is -2.03. The van der Waals surface area contributed by atoms with Gasteiger partial charge in [-0.3, -0.25) is 4.79 Å². The number of benzene rings is 1. The van der Waals surface area contributed by atoms with Gasteiger partial charge in [0.1, 0.15) is 0 Å². The highest BCUT2D eigenvalue weighted by molar-refractivity contribution is 14.1. The number of carbonyl (C=O) groups is 2. The Morgan fingerprint density at radius 3 is 2.48 bits per heavy atom. The summed E-state index contributed by atoms with van der Waals surface area (Å²) < 4.78 is 29.3. The van der Waals surface area contributed by atoms with Crippen molar-refractivity contribution >= 4 is 44.3 Å². The molecule has 124 valence electrons. The first kappa shape index (κ1) is 19.4. The van der Waals surface area contributed by atoms with Gasteiger partial charge in [-0.15, -0.1) is 0 Å². The Balaban J connectivity index is 2.61. The average Bonchev–Trinajstić information content (AvgIpc) is 2.51. The van der Waals surface area contributed by atoms with Gasteiger partial charge in [0.05, 0.1) is 11.5 Å². The molecule has 0 unspecified atom stereocenters. The summed E-state index contributed by atoms with van der Waals surface area (Å²) in [5.41, 5.74) is 0. The molecule has 0 atom stereocenters. The van der Waals surface area contributed by atoms with Gasteiger partial charge in [0.2, 0.25) is 15.7 Å². The fourth-order valence-electron chi connectivity index (χ4n) is 1.45. The minimum Gasteiger partial charge on any atom is -0.463 e. The van der Waals surface area contributed by atoms with Gasteiger partial charge < -0.3 is 10.1 Å². The highest BCUT2D eigenvalue weighted by atomic mass is 127. The Morgan fingerprint density at radius 2 is 1.87 bits per heavy atom. The predicted octanol–water partition coefficient (Wildman–Crippen LogP) is 1.97. The van der Waals surface area contributed by atoms with E-state index in [0.29, 0.717) is 3.58 Å². The highest BCUT2D eigenvalue weighted by Crippen LogP contribution is 2.16. The quantitative estimate of drug-likeness (QED) is 0.391. The normalized spacial score (nSPS) is 12.2. The van der Waals surface area contributed by atoms with Crippen LogP contribution in [0.25, 0.3) is 0 Å². The monoisotopic (exact) mass is 449 g/mol. The van der Waals surface area contributed by atoms with E-state index in [9.17, 15) is 18.0 Å². The lowest BCUT2D eigenvalue weighted by molar-refractivity contribution is -0.137. The number of ether oxygens (including phenoxy) is 1. The summed E-state index contributed by atoms with van der Waals surface area (Å²) in [6, 6.07) is 7.99. The summed E-state index contributed by atoms with van der Waals surface area (Å²) in [5, 5.41) is 3.58. The molecule has 0 saturated heterocycles. The number of amides is 1. The maximum atomic E-state index is 12.1. The second kappa shape index (κ2) is 9.46. The van der Waals surface area contributed by atoms with Crippen molar-refractivity contribution in [2.24, 2.45) is 0 Å². The molecule has 23 heavy (non-hydrogen) atoms. The molecule has 0 saturated carbocycles. The Kier molecular flexibility index (Phi) is 7.96. The molecule has 0 bridgehead atoms. The minimum absolute atomic E-state index is 0.0403. The third kappa shape index (κ3) is 7.42. The van der Waals surface area contributed by atoms with Gasteiger partial charge >= 0.3 is 5.97 Å². The molecule has 1 rings (SSSR count). The van der Waals surface area contributed by atoms with E-state index in [0.717, 1.165) is 17.6 Å². The smallest absolute Gasteiger partial charge is 0.330 e. The van der Waals surface area contributed by atoms with Gasteiger partial charge in [-0.1, -0.05) is 18.2 Å². The van der Waals surface area contributed by atoms with E-state index in [2.05, 4.69) is 10.1 Å². The Labute approximate surface area is 148 Å². The third-order valence-electron chi connectivity index (χ3n) is 2.44. The molecule has 0 fully saturated rings. The van der Waals surface area contributed by atoms with Crippen LogP contribution in [0.3, 0.4) is 0 Å². The highest BCUT2D eigenvalue weighted by Gasteiger charge is 2.11. The fourth-order valence-corrected chi connectivity index (χ4v) is 3.74. The van der Waals surface area contributed by atoms with E-state index in [4.69, 9.17) is 0 Å². The lowest BCUT2D eigenvalue weighted by Crippen LogP contribution is -2.23. The number of sulfone groups is 1. The molecule has 1 aromatic rings. The molecule has 0 aromatic heterocycles. The standard InChI is InChI=1S/C15H16INO5S/c1-2-22-15(19)9-8-14(18)17-10-12(16)11-23(20,21)13-6-4-3-5-7-13/h3-9,11H,2,10H2,1H3,(H,17,18)/b9-8+,12-11+. The molecule has 6 nitrogen and oxygen atoms in total. The topological polar surface area (TPSA) is 89.5 Å². The Hall–Kier alpha value is -1.68. The van der Waals surface area contributed by atoms with E-state index < -0.39 is 21.7 Å². The predicted molar refractivity (Wildman–Crippen MR) is 94.5 cm³/mol. The number of hydrogen-bond donors (Lipinski definition) is 1. The fraction of sp³-hybridized carbons (Fsp3) is 0.200. The Morgan fingerprint density at radius 1 is 1.22 bits per heavy atom. The molecule has 0 spiro atoms. The number of carbonyl (C=O) groups excluding carboxylic acids is 2. The van der Waals surface area contributed by atoms with Gasteiger partial charge in [0, 0.05) is 27.7 Å². The summed E-state index contributed by atoms with van der Waals surface area (Å²) in [7, 11) is -3.55. The van der Waals surface area contributed by atoms with Crippen LogP contribution in [0.1, 0.15) is 6.92 Å². The maximum Gasteiger partial charge on any atom is 0.330 e. The van der Waals surface area contributed by atoms with Crippen LogP contribution in [0.5, 0.6) is 0 Å². The molecular weight excluding hydrogens is 433 g/mol. The van der Waals surface area contributed by atoms with Crippen LogP contribution in [0.4, 0.5) is 0 Å². The number of hydrogen-bond acceptors (Lipinski definition) is 5. The molecule has 0 aliphatic heterocycles. The van der Waals surface area contributed by atoms with E-state index in [1.807, 2.05) is 22.6 Å². The zero-order valence-electron chi connectivity index (χ0n) is 12.4. The van der Waals surface area contributed by atoms with Crippen molar-refractivity contribution in [3.8, 4) is 0 Å². The van der Waals surface area contributed by atoms with Crippen LogP contribution in [-0.2, 0) is 24.2 Å². The summed E-state index contributed by atoms with van der Waals surface area (Å²) >= 11 is 1.83. The zero-order valence-corrected chi connectivity index (χ0v) is 15.3. The van der Waals surface area contributed by atoms with Crippen LogP contribution < -0.4 is 5.32 Å². The van der Waals surface area contributed by atoms with E-state index in [-0.39, 0.29) is 18.0 Å². The molecule has 1 aromatic carbocycles. The molecule has 0 aliphatic rings. The summed E-state index contributed by atoms with van der Waals surface area (Å²) in [6.07, 6.45) is 2.05. The molecule has 0 heterocycles. The van der Waals surface area contributed by atoms with E-state index in [1.165, 1.54) is 12.1 Å². The van der Waals surface area contributed by atoms with Crippen molar-refractivity contribution in [1.29, 1.82) is 0 Å². The van der Waals surface area contributed by atoms with Crippen molar-refractivity contribution in [3.63, 3.8) is 0 Å². The first-order valence-corrected chi connectivity index (χ1v) is 9.26. The van der Waals surface area contributed by atoms with Crippen LogP contribution in [0, 0.1) is 0 Å². The van der Waals surface area contributed by atoms with Crippen molar-refractivity contribution < 1.29 is 22.7 Å². The number of halogens is 1. The average molecular weight is 449 g/mol. The minimum atomic E-state index is -3.55. The number of rotatable bonds is 7. The second-order valence-electron chi connectivity index (χ2n) is 4.23. The van der Waals surface area contributed by atoms with Gasteiger partial charge in [0.15, 0.2) is 0 Å². The largest absolute Gasteiger partial charge is 0.463 e. The number of esters is 1. The molecule has 1 amide bonds. The van der Waals surface area contributed by atoms with Gasteiger partial charge in [-0.05, 0) is 41.6 Å². The molecule has 1 N–H and O–H groups in total. The molecule has 8 heteroatoms. The van der Waals surface area contributed by atoms with Crippen molar-refractivity contribution in [2.75, 3.05) is 13.2 Å². The Bertz CT molecular complexity index is 711. The van der Waals surface area contributed by atoms with E-state index in [1.54, 1.807) is 25.1 Å². The van der Waals surface area contributed by atoms with Crippen LogP contribution in [-0.4, -0.2) is 33.4 Å². The summed E-state index contributed by atoms with van der Waals surface area (Å²) in [6.45, 7) is 1.92. The number of nitrogens with one attached hydrogen (secondary N) is 1. The summed E-state index contributed by atoms with van der Waals surface area (Å²) in [4.78, 5) is 22.7. The van der Waals surface area contributed by atoms with E-state index >= 15 is 0 Å². The summed E-state index contributed by atoms with van der Waals surface area (Å²) in [5.74, 6) is -1.13. The third-order valence-corrected chi connectivity index (χ3v) is 5.08. The molecule has 0 radical (unpaired) electrons. The maximum absolute atomic E-state index is 12.1. The van der Waals surface area contributed by atoms with Crippen molar-refractivity contribution in [2.45, 2.75) is 11.8 Å². The van der Waals surface area contributed by atoms with Gasteiger partial charge in [0.25, 0.3) is 0 Å². The van der Waals surface area contributed by atoms with Gasteiger partial charge in [-0.2, -0.15) is 0 Å². The lowest BCUT2D eigenvalue weighted by atomic mass is 10.4. The van der Waals surface area contributed by atoms with Crippen LogP contribution >= 0.6 is 22.6 Å². The SMILES string of the molecule is CCOC(=O)/C=C/C(=O)NC/C(I)=C\S(=O)(=O)c1ccccc1. The first-order chi connectivity index (χ1) is 10.8. The van der Waals surface area contributed by atoms with Crippen LogP contribution in [0.2, 0.25) is 0 Å². The van der Waals surface area contributed by atoms with Crippen molar-refractivity contribution in [3.05, 3.63) is 51.5 Å². The second-order valence-corrected chi connectivity index (χ2v) is 7.41. The van der Waals surface area contributed by atoms with Gasteiger partial charge in [-0.25, -0.2) is 13.2 Å². The van der Waals surface area contributed by atoms with Crippen molar-refractivity contribution in [1.82, 2.24) is 5.32 Å². The zero-order chi connectivity index (χ0) is 17.3.